The molecule has 8 nitrogen and oxygen atoms in total. The fourth-order valence-corrected chi connectivity index (χ4v) is 4.18. The number of hydrogen-bond donors (Lipinski definition) is 0. The van der Waals surface area contributed by atoms with E-state index >= 15 is 0 Å². The molecule has 0 saturated carbocycles. The minimum Gasteiger partial charge on any atom is -0.492 e. The van der Waals surface area contributed by atoms with Gasteiger partial charge >= 0.3 is 0 Å². The van der Waals surface area contributed by atoms with E-state index in [4.69, 9.17) is 4.74 Å². The van der Waals surface area contributed by atoms with E-state index in [-0.39, 0.29) is 18.1 Å². The lowest BCUT2D eigenvalue weighted by atomic mass is 10.2. The average Bonchev–Trinajstić information content (AvgIpc) is 3.27. The Balaban J connectivity index is 1.68. The first-order valence-corrected chi connectivity index (χ1v) is 11.0. The van der Waals surface area contributed by atoms with Gasteiger partial charge in [-0.3, -0.25) is 24.8 Å². The van der Waals surface area contributed by atoms with Crippen molar-refractivity contribution < 1.29 is 14.5 Å². The van der Waals surface area contributed by atoms with Gasteiger partial charge in [0, 0.05) is 24.4 Å². The molecule has 0 aliphatic carbocycles. The molecule has 4 rings (SSSR count). The molecule has 0 fully saturated rings. The van der Waals surface area contributed by atoms with Gasteiger partial charge in [0.25, 0.3) is 11.6 Å². The van der Waals surface area contributed by atoms with Crippen molar-refractivity contribution in [1.82, 2.24) is 9.97 Å². The predicted octanol–water partition coefficient (Wildman–Crippen LogP) is 5.24. The smallest absolute Gasteiger partial charge is 0.270 e. The molecule has 9 heteroatoms. The molecule has 4 aromatic rings. The molecule has 1 amide bonds. The van der Waals surface area contributed by atoms with Crippen LogP contribution in [0.2, 0.25) is 0 Å². The van der Waals surface area contributed by atoms with E-state index in [9.17, 15) is 14.9 Å². The van der Waals surface area contributed by atoms with Gasteiger partial charge in [-0.05, 0) is 42.8 Å². The number of nitro benzene ring substituents is 1. The number of carbonyl (C=O) groups is 1. The van der Waals surface area contributed by atoms with Gasteiger partial charge in [-0.25, -0.2) is 4.98 Å². The second-order valence-corrected chi connectivity index (χ2v) is 7.97. The maximum atomic E-state index is 13.2. The summed E-state index contributed by atoms with van der Waals surface area (Å²) in [4.78, 5) is 34.4. The second-order valence-electron chi connectivity index (χ2n) is 6.96. The number of para-hydroxylation sites is 1. The number of anilines is 1. The van der Waals surface area contributed by atoms with Gasteiger partial charge in [-0.2, -0.15) is 0 Å². The molecule has 0 N–H and O–H groups in total. The number of nitrogens with zero attached hydrogens (tertiary/aromatic N) is 4. The topological polar surface area (TPSA) is 98.5 Å². The summed E-state index contributed by atoms with van der Waals surface area (Å²) >= 11 is 1.38. The average molecular weight is 461 g/mol. The summed E-state index contributed by atoms with van der Waals surface area (Å²) in [5.74, 6) is 0.346. The van der Waals surface area contributed by atoms with Crippen LogP contribution in [0.4, 0.5) is 10.8 Å². The number of non-ortho nitro benzene ring substituents is 1. The number of rotatable bonds is 8. The monoisotopic (exact) mass is 460 g/mol. The molecule has 0 unspecified atom stereocenters. The Morgan fingerprint density at radius 3 is 2.79 bits per heavy atom. The molecule has 0 bridgehead atoms. The first kappa shape index (κ1) is 22.1. The maximum absolute atomic E-state index is 13.2. The van der Waals surface area contributed by atoms with Crippen molar-refractivity contribution in [2.45, 2.75) is 13.5 Å². The maximum Gasteiger partial charge on any atom is 0.270 e. The van der Waals surface area contributed by atoms with Gasteiger partial charge in [0.15, 0.2) is 5.13 Å². The summed E-state index contributed by atoms with van der Waals surface area (Å²) in [5, 5.41) is 11.5. The van der Waals surface area contributed by atoms with Gasteiger partial charge in [-0.15, -0.1) is 0 Å². The number of fused-ring (bicyclic) bond motifs is 1. The number of nitro groups is 1. The molecule has 0 spiro atoms. The number of amides is 1. The largest absolute Gasteiger partial charge is 0.492 e. The van der Waals surface area contributed by atoms with Crippen molar-refractivity contribution in [3.8, 4) is 5.75 Å². The third kappa shape index (κ3) is 5.21. The van der Waals surface area contributed by atoms with Crippen LogP contribution in [0.3, 0.4) is 0 Å². The second kappa shape index (κ2) is 10.0. The van der Waals surface area contributed by atoms with Crippen molar-refractivity contribution in [2.75, 3.05) is 11.5 Å². The molecule has 0 aliphatic heterocycles. The van der Waals surface area contributed by atoms with Crippen LogP contribution in [0.1, 0.15) is 18.2 Å². The number of pyridine rings is 1. The van der Waals surface area contributed by atoms with Gasteiger partial charge in [0.05, 0.1) is 28.5 Å². The Labute approximate surface area is 193 Å². The summed E-state index contributed by atoms with van der Waals surface area (Å²) in [6.07, 6.45) is 4.61. The van der Waals surface area contributed by atoms with Crippen molar-refractivity contribution in [3.63, 3.8) is 0 Å². The van der Waals surface area contributed by atoms with E-state index < -0.39 is 4.92 Å². The van der Waals surface area contributed by atoms with Gasteiger partial charge in [-0.1, -0.05) is 35.6 Å². The molecular weight excluding hydrogens is 440 g/mol. The fraction of sp³-hybridized carbons (Fsp3) is 0.125. The first-order chi connectivity index (χ1) is 16.0. The highest BCUT2D eigenvalue weighted by molar-refractivity contribution is 7.22. The minimum atomic E-state index is -0.469. The van der Waals surface area contributed by atoms with Crippen LogP contribution in [-0.2, 0) is 11.3 Å². The molecular formula is C24H20N4O4S. The zero-order valence-electron chi connectivity index (χ0n) is 17.7. The van der Waals surface area contributed by atoms with Crippen LogP contribution in [0.25, 0.3) is 16.3 Å². The third-order valence-corrected chi connectivity index (χ3v) is 5.76. The van der Waals surface area contributed by atoms with E-state index in [1.165, 1.54) is 34.4 Å². The first-order valence-electron chi connectivity index (χ1n) is 10.2. The molecule has 0 saturated heterocycles. The van der Waals surface area contributed by atoms with E-state index in [2.05, 4.69) is 9.97 Å². The highest BCUT2D eigenvalue weighted by Gasteiger charge is 2.20. The van der Waals surface area contributed by atoms with E-state index in [0.29, 0.717) is 34.3 Å². The van der Waals surface area contributed by atoms with Crippen LogP contribution in [-0.4, -0.2) is 27.4 Å². The van der Waals surface area contributed by atoms with Crippen LogP contribution in [0, 0.1) is 10.1 Å². The third-order valence-electron chi connectivity index (χ3n) is 4.71. The molecule has 0 atom stereocenters. The van der Waals surface area contributed by atoms with Crippen LogP contribution in [0.5, 0.6) is 5.75 Å². The highest BCUT2D eigenvalue weighted by atomic mass is 32.1. The molecule has 0 radical (unpaired) electrons. The number of carbonyl (C=O) groups excluding carboxylic acids is 1. The summed E-state index contributed by atoms with van der Waals surface area (Å²) in [6.45, 7) is 2.64. The van der Waals surface area contributed by atoms with Gasteiger partial charge in [0.1, 0.15) is 11.3 Å². The molecule has 2 heterocycles. The van der Waals surface area contributed by atoms with Crippen LogP contribution >= 0.6 is 11.3 Å². The highest BCUT2D eigenvalue weighted by Crippen LogP contribution is 2.35. The van der Waals surface area contributed by atoms with E-state index in [0.717, 1.165) is 4.70 Å². The lowest BCUT2D eigenvalue weighted by Crippen LogP contribution is -2.29. The molecule has 2 aromatic carbocycles. The van der Waals surface area contributed by atoms with E-state index in [1.54, 1.807) is 24.4 Å². The fourth-order valence-electron chi connectivity index (χ4n) is 3.19. The number of ether oxygens (including phenoxy) is 1. The lowest BCUT2D eigenvalue weighted by molar-refractivity contribution is -0.384. The Hall–Kier alpha value is -4.11. The normalized spacial score (nSPS) is 11.1. The van der Waals surface area contributed by atoms with Crippen molar-refractivity contribution in [3.05, 3.63) is 94.3 Å². The predicted molar refractivity (Wildman–Crippen MR) is 128 cm³/mol. The lowest BCUT2D eigenvalue weighted by Gasteiger charge is -2.17. The van der Waals surface area contributed by atoms with Crippen molar-refractivity contribution in [2.24, 2.45) is 0 Å². The van der Waals surface area contributed by atoms with Crippen LogP contribution < -0.4 is 9.64 Å². The Morgan fingerprint density at radius 1 is 1.18 bits per heavy atom. The standard InChI is InChI=1S/C24H20N4O4S/c1-2-32-20-10-6-11-21-23(20)26-24(33-21)27(16-18-8-3-4-14-25-18)22(29)13-12-17-7-5-9-19(15-17)28(30)31/h3-15H,2,16H2,1H3/b13-12+. The Morgan fingerprint density at radius 2 is 2.03 bits per heavy atom. The number of hydrogen-bond acceptors (Lipinski definition) is 7. The Bertz CT molecular complexity index is 1320. The SMILES string of the molecule is CCOc1cccc2sc(N(Cc3ccccn3)C(=O)/C=C/c3cccc([N+](=O)[O-])c3)nc12. The van der Waals surface area contributed by atoms with Gasteiger partial charge < -0.3 is 4.74 Å². The number of aromatic nitrogens is 2. The number of thiazole rings is 1. The quantitative estimate of drug-likeness (QED) is 0.202. The molecule has 166 valence electrons. The van der Waals surface area contributed by atoms with Gasteiger partial charge in [0.2, 0.25) is 0 Å². The van der Waals surface area contributed by atoms with Crippen LogP contribution in [0.15, 0.2) is 72.9 Å². The zero-order chi connectivity index (χ0) is 23.2. The minimum absolute atomic E-state index is 0.0374. The summed E-state index contributed by atoms with van der Waals surface area (Å²) in [5.41, 5.74) is 1.92. The number of benzene rings is 2. The molecule has 0 aliphatic rings. The molecule has 33 heavy (non-hydrogen) atoms. The molecule has 2 aromatic heterocycles. The zero-order valence-corrected chi connectivity index (χ0v) is 18.6. The Kier molecular flexibility index (Phi) is 6.70. The summed E-state index contributed by atoms with van der Waals surface area (Å²) in [7, 11) is 0. The summed E-state index contributed by atoms with van der Waals surface area (Å²) in [6, 6.07) is 17.3. The van der Waals surface area contributed by atoms with Crippen molar-refractivity contribution in [1.29, 1.82) is 0 Å². The van der Waals surface area contributed by atoms with Crippen molar-refractivity contribution >= 4 is 44.4 Å². The summed E-state index contributed by atoms with van der Waals surface area (Å²) < 4.78 is 6.59. The van der Waals surface area contributed by atoms with E-state index in [1.807, 2.05) is 43.3 Å².